The highest BCUT2D eigenvalue weighted by atomic mass is 32.2. The first-order valence-corrected chi connectivity index (χ1v) is 13.9. The minimum absolute atomic E-state index is 0.0429. The molecule has 10 heteroatoms. The van der Waals surface area contributed by atoms with Gasteiger partial charge in [-0.15, -0.1) is 22.7 Å². The van der Waals surface area contributed by atoms with E-state index in [9.17, 15) is 15.6 Å². The third-order valence-electron chi connectivity index (χ3n) is 5.44. The molecule has 5 aromatic rings. The number of para-hydroxylation sites is 2. The third-order valence-corrected chi connectivity index (χ3v) is 8.56. The fourth-order valence-corrected chi connectivity index (χ4v) is 6.52. The lowest BCUT2D eigenvalue weighted by atomic mass is 10.2. The van der Waals surface area contributed by atoms with Crippen molar-refractivity contribution in [2.75, 3.05) is 18.2 Å². The number of aliphatic hydroxyl groups excluding tert-OH is 1. The molecule has 0 amide bonds. The number of thiazole rings is 2. The summed E-state index contributed by atoms with van der Waals surface area (Å²) in [5.74, 6) is 0.576. The molecule has 0 atom stereocenters. The number of anilines is 1. The lowest BCUT2D eigenvalue weighted by Gasteiger charge is -2.13. The SMILES string of the molecule is COc1cccc(N/C(SC/C(O)=C(\C#N)c2nc3ccccc3s2)=C(/C#N)c2nc3ccccc3s2)c1. The van der Waals surface area contributed by atoms with Gasteiger partial charge in [0.15, 0.2) is 0 Å². The summed E-state index contributed by atoms with van der Waals surface area (Å²) in [6, 6.07) is 27.0. The van der Waals surface area contributed by atoms with E-state index in [0.717, 1.165) is 20.4 Å². The Kier molecular flexibility index (Phi) is 7.57. The zero-order chi connectivity index (χ0) is 26.5. The first-order chi connectivity index (χ1) is 18.6. The van der Waals surface area contributed by atoms with Crippen molar-refractivity contribution in [3.8, 4) is 17.9 Å². The summed E-state index contributed by atoms with van der Waals surface area (Å²) in [7, 11) is 1.58. The Balaban J connectivity index is 1.53. The summed E-state index contributed by atoms with van der Waals surface area (Å²) in [6.45, 7) is 0. The summed E-state index contributed by atoms with van der Waals surface area (Å²) >= 11 is 3.97. The van der Waals surface area contributed by atoms with Gasteiger partial charge < -0.3 is 15.2 Å². The van der Waals surface area contributed by atoms with E-state index >= 15 is 0 Å². The van der Waals surface area contributed by atoms with Gasteiger partial charge in [0.25, 0.3) is 0 Å². The minimum Gasteiger partial charge on any atom is -0.510 e. The standard InChI is InChI=1S/C28H19N5O2S3/c1-35-18-8-6-7-17(13-18)31-26(20(15-30)28-33-22-10-3-5-12-25(22)38-28)36-16-23(34)19(14-29)27-32-21-9-2-4-11-24(21)37-27/h2-13,31,34H,16H2,1H3/b23-19-,26-20+. The number of aromatic nitrogens is 2. The maximum Gasteiger partial charge on any atom is 0.138 e. The van der Waals surface area contributed by atoms with Gasteiger partial charge >= 0.3 is 0 Å². The monoisotopic (exact) mass is 553 g/mol. The van der Waals surface area contributed by atoms with Gasteiger partial charge in [-0.25, -0.2) is 9.97 Å². The average Bonchev–Trinajstić information content (AvgIpc) is 3.56. The molecule has 0 unspecified atom stereocenters. The molecule has 0 spiro atoms. The number of methoxy groups -OCH3 is 1. The highest BCUT2D eigenvalue weighted by Crippen LogP contribution is 2.35. The van der Waals surface area contributed by atoms with Gasteiger partial charge in [-0.1, -0.05) is 42.1 Å². The zero-order valence-corrected chi connectivity index (χ0v) is 22.5. The predicted octanol–water partition coefficient (Wildman–Crippen LogP) is 7.44. The fourth-order valence-electron chi connectivity index (χ4n) is 3.61. The molecule has 0 bridgehead atoms. The molecular weight excluding hydrogens is 535 g/mol. The third kappa shape index (κ3) is 5.34. The molecule has 0 saturated heterocycles. The lowest BCUT2D eigenvalue weighted by molar-refractivity contribution is 0.415. The highest BCUT2D eigenvalue weighted by Gasteiger charge is 2.19. The van der Waals surface area contributed by atoms with Crippen LogP contribution in [0.5, 0.6) is 5.75 Å². The van der Waals surface area contributed by atoms with Crippen LogP contribution in [0.15, 0.2) is 83.6 Å². The number of hydrogen-bond donors (Lipinski definition) is 2. The maximum absolute atomic E-state index is 11.0. The van der Waals surface area contributed by atoms with Gasteiger partial charge in [0.1, 0.15) is 44.8 Å². The molecule has 0 saturated carbocycles. The number of nitrogens with one attached hydrogen (secondary N) is 1. The maximum atomic E-state index is 11.0. The number of nitrogens with zero attached hydrogens (tertiary/aromatic N) is 4. The second-order valence-corrected chi connectivity index (χ2v) is 10.9. The van der Waals surface area contributed by atoms with Gasteiger partial charge in [0.05, 0.1) is 38.3 Å². The minimum atomic E-state index is -0.122. The highest BCUT2D eigenvalue weighted by molar-refractivity contribution is 8.03. The normalized spacial score (nSPS) is 12.4. The first kappa shape index (κ1) is 25.3. The van der Waals surface area contributed by atoms with Crippen LogP contribution in [0.3, 0.4) is 0 Å². The van der Waals surface area contributed by atoms with E-state index in [-0.39, 0.29) is 17.1 Å². The molecule has 0 radical (unpaired) electrons. The number of allylic oxidation sites excluding steroid dienone is 2. The first-order valence-electron chi connectivity index (χ1n) is 11.3. The van der Waals surface area contributed by atoms with E-state index < -0.39 is 0 Å². The topological polar surface area (TPSA) is 115 Å². The number of hydrogen-bond acceptors (Lipinski definition) is 10. The molecule has 0 aliphatic carbocycles. The van der Waals surface area contributed by atoms with Crippen molar-refractivity contribution in [3.05, 3.63) is 93.6 Å². The van der Waals surface area contributed by atoms with Crippen molar-refractivity contribution in [2.24, 2.45) is 0 Å². The van der Waals surface area contributed by atoms with Crippen molar-refractivity contribution in [1.29, 1.82) is 10.5 Å². The van der Waals surface area contributed by atoms with Crippen molar-refractivity contribution < 1.29 is 9.84 Å². The number of fused-ring (bicyclic) bond motifs is 2. The summed E-state index contributed by atoms with van der Waals surface area (Å²) in [6.07, 6.45) is 0. The second-order valence-electron chi connectivity index (χ2n) is 7.87. The Bertz CT molecular complexity index is 1720. The van der Waals surface area contributed by atoms with Crippen LogP contribution in [-0.2, 0) is 0 Å². The Morgan fingerprint density at radius 1 is 0.895 bits per heavy atom. The second kappa shape index (κ2) is 11.4. The zero-order valence-electron chi connectivity index (χ0n) is 20.0. The molecule has 2 N–H and O–H groups in total. The van der Waals surface area contributed by atoms with E-state index in [2.05, 4.69) is 27.4 Å². The summed E-state index contributed by atoms with van der Waals surface area (Å²) in [5, 5.41) is 35.8. The molecule has 7 nitrogen and oxygen atoms in total. The summed E-state index contributed by atoms with van der Waals surface area (Å²) in [5.41, 5.74) is 2.72. The Morgan fingerprint density at radius 3 is 2.08 bits per heavy atom. The van der Waals surface area contributed by atoms with Crippen LogP contribution >= 0.6 is 34.4 Å². The molecule has 0 fully saturated rings. The van der Waals surface area contributed by atoms with Crippen LogP contribution in [-0.4, -0.2) is 27.9 Å². The van der Waals surface area contributed by atoms with Crippen molar-refractivity contribution in [1.82, 2.24) is 9.97 Å². The van der Waals surface area contributed by atoms with Crippen LogP contribution in [0.25, 0.3) is 31.6 Å². The lowest BCUT2D eigenvalue weighted by Crippen LogP contribution is -2.03. The number of aliphatic hydroxyl groups is 1. The Hall–Kier alpha value is -4.35. The van der Waals surface area contributed by atoms with E-state index in [1.165, 1.54) is 34.4 Å². The van der Waals surface area contributed by atoms with Crippen LogP contribution in [0.2, 0.25) is 0 Å². The van der Waals surface area contributed by atoms with Crippen LogP contribution < -0.4 is 10.1 Å². The molecule has 2 heterocycles. The fraction of sp³-hybridized carbons (Fsp3) is 0.0714. The van der Waals surface area contributed by atoms with Gasteiger partial charge in [0.2, 0.25) is 0 Å². The van der Waals surface area contributed by atoms with Gasteiger partial charge in [-0.3, -0.25) is 0 Å². The largest absolute Gasteiger partial charge is 0.510 e. The van der Waals surface area contributed by atoms with Crippen molar-refractivity contribution in [2.45, 2.75) is 0 Å². The van der Waals surface area contributed by atoms with Crippen LogP contribution in [0.1, 0.15) is 10.0 Å². The van der Waals surface area contributed by atoms with Crippen LogP contribution in [0, 0.1) is 22.7 Å². The molecule has 3 aromatic carbocycles. The van der Waals surface area contributed by atoms with Gasteiger partial charge in [-0.05, 0) is 36.4 Å². The number of thioether (sulfide) groups is 1. The molecule has 2 aromatic heterocycles. The average molecular weight is 554 g/mol. The summed E-state index contributed by atoms with van der Waals surface area (Å²) in [4.78, 5) is 9.16. The van der Waals surface area contributed by atoms with E-state index in [1.54, 1.807) is 7.11 Å². The smallest absolute Gasteiger partial charge is 0.138 e. The van der Waals surface area contributed by atoms with Crippen LogP contribution in [0.4, 0.5) is 5.69 Å². The molecule has 38 heavy (non-hydrogen) atoms. The number of nitriles is 2. The van der Waals surface area contributed by atoms with E-state index in [4.69, 9.17) is 4.74 Å². The number of benzene rings is 3. The van der Waals surface area contributed by atoms with Crippen molar-refractivity contribution in [3.63, 3.8) is 0 Å². The van der Waals surface area contributed by atoms with Crippen molar-refractivity contribution >= 4 is 71.7 Å². The van der Waals surface area contributed by atoms with E-state index in [1.807, 2.05) is 72.8 Å². The molecule has 0 aliphatic rings. The summed E-state index contributed by atoms with van der Waals surface area (Å²) < 4.78 is 7.23. The number of rotatable bonds is 8. The van der Waals surface area contributed by atoms with Gasteiger partial charge in [-0.2, -0.15) is 10.5 Å². The van der Waals surface area contributed by atoms with Gasteiger partial charge in [0, 0.05) is 11.8 Å². The molecular formula is C28H19N5O2S3. The number of ether oxygens (including phenoxy) is 1. The quantitative estimate of drug-likeness (QED) is 0.150. The Morgan fingerprint density at radius 2 is 1.50 bits per heavy atom. The van der Waals surface area contributed by atoms with E-state index in [0.29, 0.717) is 32.1 Å². The molecule has 186 valence electrons. The molecule has 0 aliphatic heterocycles. The molecule has 5 rings (SSSR count). The Labute approximate surface area is 231 Å². The predicted molar refractivity (Wildman–Crippen MR) is 156 cm³/mol.